The molecule has 1 aliphatic rings. The average molecular weight is 284 g/mol. The van der Waals surface area contributed by atoms with E-state index in [4.69, 9.17) is 0 Å². The summed E-state index contributed by atoms with van der Waals surface area (Å²) in [5, 5.41) is 10.7. The normalized spacial score (nSPS) is 14.2. The highest BCUT2D eigenvalue weighted by Gasteiger charge is 2.31. The van der Waals surface area contributed by atoms with Gasteiger partial charge in [-0.05, 0) is 31.7 Å². The van der Waals surface area contributed by atoms with Crippen molar-refractivity contribution >= 4 is 11.6 Å². The van der Waals surface area contributed by atoms with Crippen LogP contribution in [0.15, 0.2) is 12.1 Å². The van der Waals surface area contributed by atoms with E-state index in [2.05, 4.69) is 0 Å². The molecule has 20 heavy (non-hydrogen) atoms. The van der Waals surface area contributed by atoms with Crippen LogP contribution < -0.4 is 0 Å². The van der Waals surface area contributed by atoms with Crippen LogP contribution in [0.4, 0.5) is 14.5 Å². The molecule has 0 heterocycles. The number of nitrogens with zero attached hydrogens (tertiary/aromatic N) is 2. The molecule has 0 bridgehead atoms. The van der Waals surface area contributed by atoms with E-state index in [0.717, 1.165) is 25.0 Å². The van der Waals surface area contributed by atoms with Gasteiger partial charge in [0.25, 0.3) is 5.91 Å². The van der Waals surface area contributed by atoms with E-state index in [1.165, 1.54) is 4.90 Å². The van der Waals surface area contributed by atoms with E-state index in [0.29, 0.717) is 19.0 Å². The van der Waals surface area contributed by atoms with Gasteiger partial charge < -0.3 is 4.90 Å². The summed E-state index contributed by atoms with van der Waals surface area (Å²) >= 11 is 0. The minimum atomic E-state index is -1.41. The van der Waals surface area contributed by atoms with E-state index >= 15 is 0 Å². The van der Waals surface area contributed by atoms with Crippen LogP contribution in [-0.4, -0.2) is 28.8 Å². The Hall–Kier alpha value is -2.05. The topological polar surface area (TPSA) is 63.5 Å². The van der Waals surface area contributed by atoms with E-state index in [1.54, 1.807) is 6.92 Å². The molecule has 1 fully saturated rings. The van der Waals surface area contributed by atoms with Gasteiger partial charge in [-0.25, -0.2) is 4.39 Å². The third-order valence-electron chi connectivity index (χ3n) is 3.33. The number of nitro benzene ring substituents is 1. The summed E-state index contributed by atoms with van der Waals surface area (Å²) in [5.74, 6) is -2.96. The van der Waals surface area contributed by atoms with E-state index in [-0.39, 0.29) is 0 Å². The second kappa shape index (κ2) is 5.52. The zero-order valence-electron chi connectivity index (χ0n) is 10.9. The van der Waals surface area contributed by atoms with Crippen LogP contribution in [0.3, 0.4) is 0 Å². The van der Waals surface area contributed by atoms with Crippen LogP contribution in [0.25, 0.3) is 0 Å². The molecule has 0 aliphatic heterocycles. The van der Waals surface area contributed by atoms with Crippen molar-refractivity contribution in [2.45, 2.75) is 19.8 Å². The molecular formula is C13H14F2N2O3. The van der Waals surface area contributed by atoms with Crippen LogP contribution in [0.1, 0.15) is 30.1 Å². The quantitative estimate of drug-likeness (QED) is 0.617. The van der Waals surface area contributed by atoms with Crippen LogP contribution in [0, 0.1) is 27.7 Å². The number of carbonyl (C=O) groups is 1. The third kappa shape index (κ3) is 2.76. The fourth-order valence-corrected chi connectivity index (χ4v) is 2.00. The highest BCUT2D eigenvalue weighted by Crippen LogP contribution is 2.31. The Labute approximate surface area is 114 Å². The lowest BCUT2D eigenvalue weighted by Gasteiger charge is -2.21. The van der Waals surface area contributed by atoms with E-state index in [1.807, 2.05) is 0 Å². The zero-order valence-corrected chi connectivity index (χ0v) is 10.9. The van der Waals surface area contributed by atoms with Crippen molar-refractivity contribution in [1.29, 1.82) is 0 Å². The summed E-state index contributed by atoms with van der Waals surface area (Å²) < 4.78 is 27.6. The van der Waals surface area contributed by atoms with Crippen LogP contribution in [0.5, 0.6) is 0 Å². The van der Waals surface area contributed by atoms with Crippen molar-refractivity contribution < 1.29 is 18.5 Å². The summed E-state index contributed by atoms with van der Waals surface area (Å²) in [6, 6.07) is 1.47. The molecule has 0 radical (unpaired) electrons. The first-order chi connectivity index (χ1) is 9.45. The second-order valence-corrected chi connectivity index (χ2v) is 4.80. The number of rotatable bonds is 5. The van der Waals surface area contributed by atoms with Crippen LogP contribution in [0.2, 0.25) is 0 Å². The molecule has 7 heteroatoms. The van der Waals surface area contributed by atoms with E-state index in [9.17, 15) is 23.7 Å². The van der Waals surface area contributed by atoms with Crippen molar-refractivity contribution in [3.8, 4) is 0 Å². The Morgan fingerprint density at radius 3 is 2.60 bits per heavy atom. The average Bonchev–Trinajstić information content (AvgIpc) is 3.19. The van der Waals surface area contributed by atoms with Gasteiger partial charge in [-0.2, -0.15) is 4.39 Å². The summed E-state index contributed by atoms with van der Waals surface area (Å²) in [6.45, 7) is 2.43. The smallest absolute Gasteiger partial charge is 0.305 e. The molecule has 2 rings (SSSR count). The lowest BCUT2D eigenvalue weighted by molar-refractivity contribution is -0.387. The summed E-state index contributed by atoms with van der Waals surface area (Å²) in [6.07, 6.45) is 1.98. The van der Waals surface area contributed by atoms with Crippen molar-refractivity contribution in [3.05, 3.63) is 39.4 Å². The van der Waals surface area contributed by atoms with Crippen molar-refractivity contribution in [1.82, 2.24) is 4.90 Å². The molecule has 5 nitrogen and oxygen atoms in total. The van der Waals surface area contributed by atoms with Gasteiger partial charge in [0.05, 0.1) is 4.92 Å². The molecule has 0 saturated heterocycles. The summed E-state index contributed by atoms with van der Waals surface area (Å²) in [7, 11) is 0. The van der Waals surface area contributed by atoms with Gasteiger partial charge in [-0.15, -0.1) is 0 Å². The largest absolute Gasteiger partial charge is 0.338 e. The molecule has 1 aromatic carbocycles. The summed E-state index contributed by atoms with van der Waals surface area (Å²) in [4.78, 5) is 23.2. The molecule has 0 spiro atoms. The SMILES string of the molecule is CCN(CC1CC1)C(=O)c1c(F)ccc([N+](=O)[O-])c1F. The highest BCUT2D eigenvalue weighted by atomic mass is 19.1. The number of carbonyl (C=O) groups excluding carboxylic acids is 1. The Morgan fingerprint density at radius 2 is 2.10 bits per heavy atom. The number of hydrogen-bond acceptors (Lipinski definition) is 3. The van der Waals surface area contributed by atoms with Crippen LogP contribution in [-0.2, 0) is 0 Å². The van der Waals surface area contributed by atoms with Gasteiger partial charge in [0.1, 0.15) is 11.4 Å². The zero-order chi connectivity index (χ0) is 14.9. The number of benzene rings is 1. The van der Waals surface area contributed by atoms with Gasteiger partial charge in [-0.3, -0.25) is 14.9 Å². The maximum Gasteiger partial charge on any atom is 0.305 e. The first-order valence-electron chi connectivity index (χ1n) is 6.37. The standard InChI is InChI=1S/C13H14F2N2O3/c1-2-16(7-8-3-4-8)13(18)11-9(14)5-6-10(12(11)15)17(19)20/h5-6,8H,2-4,7H2,1H3. The first kappa shape index (κ1) is 14.4. The number of halogens is 2. The molecule has 1 saturated carbocycles. The van der Waals surface area contributed by atoms with Gasteiger partial charge in [0, 0.05) is 19.2 Å². The number of nitro groups is 1. The molecular weight excluding hydrogens is 270 g/mol. The van der Waals surface area contributed by atoms with Crippen molar-refractivity contribution in [3.63, 3.8) is 0 Å². The van der Waals surface area contributed by atoms with Gasteiger partial charge in [-0.1, -0.05) is 0 Å². The first-order valence-corrected chi connectivity index (χ1v) is 6.37. The third-order valence-corrected chi connectivity index (χ3v) is 3.33. The monoisotopic (exact) mass is 284 g/mol. The second-order valence-electron chi connectivity index (χ2n) is 4.80. The summed E-state index contributed by atoms with van der Waals surface area (Å²) in [5.41, 5.74) is -1.74. The Kier molecular flexibility index (Phi) is 3.96. The van der Waals surface area contributed by atoms with Gasteiger partial charge in [0.15, 0.2) is 0 Å². The molecule has 108 valence electrons. The Morgan fingerprint density at radius 1 is 1.45 bits per heavy atom. The van der Waals surface area contributed by atoms with Crippen LogP contribution >= 0.6 is 0 Å². The molecule has 1 amide bonds. The van der Waals surface area contributed by atoms with Gasteiger partial charge >= 0.3 is 5.69 Å². The lowest BCUT2D eigenvalue weighted by atomic mass is 10.1. The highest BCUT2D eigenvalue weighted by molar-refractivity contribution is 5.95. The lowest BCUT2D eigenvalue weighted by Crippen LogP contribution is -2.34. The van der Waals surface area contributed by atoms with Crippen molar-refractivity contribution in [2.75, 3.05) is 13.1 Å². The van der Waals surface area contributed by atoms with E-state index < -0.39 is 33.7 Å². The molecule has 0 N–H and O–H groups in total. The molecule has 0 unspecified atom stereocenters. The number of hydrogen-bond donors (Lipinski definition) is 0. The fraction of sp³-hybridized carbons (Fsp3) is 0.462. The Bertz CT molecular complexity index is 559. The molecule has 1 aromatic rings. The molecule has 1 aliphatic carbocycles. The minimum absolute atomic E-state index is 0.302. The molecule has 0 aromatic heterocycles. The maximum atomic E-state index is 14.0. The Balaban J connectivity index is 2.36. The maximum absolute atomic E-state index is 14.0. The van der Waals surface area contributed by atoms with Crippen molar-refractivity contribution in [2.24, 2.45) is 5.92 Å². The molecule has 0 atom stereocenters. The fourth-order valence-electron chi connectivity index (χ4n) is 2.00. The number of amides is 1. The predicted molar refractivity (Wildman–Crippen MR) is 67.3 cm³/mol. The van der Waals surface area contributed by atoms with Gasteiger partial charge in [0.2, 0.25) is 5.82 Å². The predicted octanol–water partition coefficient (Wildman–Crippen LogP) is 2.75. The minimum Gasteiger partial charge on any atom is -0.338 e.